The van der Waals surface area contributed by atoms with Crippen molar-refractivity contribution in [2.45, 2.75) is 64.4 Å². The first kappa shape index (κ1) is 19.8. The van der Waals surface area contributed by atoms with Gasteiger partial charge in [0.15, 0.2) is 0 Å². The van der Waals surface area contributed by atoms with E-state index >= 15 is 0 Å². The average molecular weight is 319 g/mol. The molecule has 0 aromatic carbocycles. The van der Waals surface area contributed by atoms with Gasteiger partial charge in [-0.15, -0.1) is 11.8 Å². The highest BCUT2D eigenvalue weighted by atomic mass is 32.2. The summed E-state index contributed by atoms with van der Waals surface area (Å²) < 4.78 is 5.10. The number of hydrogen-bond donors (Lipinski definition) is 2. The molecule has 0 saturated heterocycles. The number of hydrogen-bond acceptors (Lipinski definition) is 5. The molecule has 21 heavy (non-hydrogen) atoms. The van der Waals surface area contributed by atoms with E-state index in [0.29, 0.717) is 5.25 Å². The molecule has 122 valence electrons. The fourth-order valence-electron chi connectivity index (χ4n) is 1.39. The quantitative estimate of drug-likeness (QED) is 0.663. The largest absolute Gasteiger partial charge is 0.480 e. The molecule has 0 heterocycles. The molecule has 0 fully saturated rings. The summed E-state index contributed by atoms with van der Waals surface area (Å²) >= 11 is 1.43. The monoisotopic (exact) mass is 319 g/mol. The lowest BCUT2D eigenvalue weighted by Crippen LogP contribution is -2.42. The van der Waals surface area contributed by atoms with Crippen molar-refractivity contribution in [2.24, 2.45) is 0 Å². The summed E-state index contributed by atoms with van der Waals surface area (Å²) in [5, 5.41) is 11.8. The van der Waals surface area contributed by atoms with Crippen molar-refractivity contribution >= 4 is 29.6 Å². The molecule has 0 aliphatic carbocycles. The minimum absolute atomic E-state index is 0.0162. The Bertz CT molecular complexity index is 376. The Labute approximate surface area is 130 Å². The van der Waals surface area contributed by atoms with E-state index in [1.165, 1.54) is 11.8 Å². The van der Waals surface area contributed by atoms with Crippen molar-refractivity contribution < 1.29 is 24.2 Å². The van der Waals surface area contributed by atoms with Crippen molar-refractivity contribution in [3.8, 4) is 0 Å². The van der Waals surface area contributed by atoms with Gasteiger partial charge in [-0.25, -0.2) is 4.79 Å². The van der Waals surface area contributed by atoms with Crippen LogP contribution in [0, 0.1) is 0 Å². The lowest BCUT2D eigenvalue weighted by Gasteiger charge is -2.20. The maximum Gasteiger partial charge on any atom is 0.326 e. The minimum atomic E-state index is -1.15. The summed E-state index contributed by atoms with van der Waals surface area (Å²) in [4.78, 5) is 34.3. The van der Waals surface area contributed by atoms with Crippen molar-refractivity contribution in [2.75, 3.05) is 5.75 Å². The van der Waals surface area contributed by atoms with Crippen molar-refractivity contribution in [3.63, 3.8) is 0 Å². The van der Waals surface area contributed by atoms with Gasteiger partial charge in [0, 0.05) is 6.42 Å². The van der Waals surface area contributed by atoms with Crippen LogP contribution in [0.25, 0.3) is 0 Å². The van der Waals surface area contributed by atoms with Crippen molar-refractivity contribution in [1.82, 2.24) is 5.32 Å². The second kappa shape index (κ2) is 8.92. The first-order chi connectivity index (χ1) is 9.51. The third-order valence-electron chi connectivity index (χ3n) is 2.24. The number of thioether (sulfide) groups is 1. The Morgan fingerprint density at radius 3 is 2.24 bits per heavy atom. The van der Waals surface area contributed by atoms with E-state index in [1.807, 2.05) is 13.8 Å². The van der Waals surface area contributed by atoms with Crippen LogP contribution in [0.3, 0.4) is 0 Å². The van der Waals surface area contributed by atoms with Crippen LogP contribution in [0.1, 0.15) is 47.5 Å². The van der Waals surface area contributed by atoms with Gasteiger partial charge in [-0.2, -0.15) is 0 Å². The minimum Gasteiger partial charge on any atom is -0.480 e. The van der Waals surface area contributed by atoms with Gasteiger partial charge < -0.3 is 15.2 Å². The van der Waals surface area contributed by atoms with Gasteiger partial charge in [-0.3, -0.25) is 9.59 Å². The number of aliphatic carboxylic acids is 1. The van der Waals surface area contributed by atoms with Gasteiger partial charge in [-0.1, -0.05) is 13.8 Å². The molecular weight excluding hydrogens is 294 g/mol. The summed E-state index contributed by atoms with van der Waals surface area (Å²) in [6.07, 6.45) is -0.0336. The molecule has 0 bridgehead atoms. The summed E-state index contributed by atoms with van der Waals surface area (Å²) in [5.74, 6) is -1.76. The topological polar surface area (TPSA) is 92.7 Å². The van der Waals surface area contributed by atoms with Crippen LogP contribution in [0.15, 0.2) is 0 Å². The number of rotatable bonds is 8. The number of carbonyl (C=O) groups is 3. The summed E-state index contributed by atoms with van der Waals surface area (Å²) in [6, 6.07) is -1.07. The second-order valence-corrected chi connectivity index (χ2v) is 7.51. The molecule has 1 atom stereocenters. The molecule has 6 nitrogen and oxygen atoms in total. The fourth-order valence-corrected chi connectivity index (χ4v) is 1.96. The molecule has 0 aromatic rings. The molecule has 2 N–H and O–H groups in total. The third kappa shape index (κ3) is 11.1. The summed E-state index contributed by atoms with van der Waals surface area (Å²) in [6.45, 7) is 9.13. The standard InChI is InChI=1S/C14H25NO5S/c1-9(2)21-8-11(16)15-10(13(18)19)6-7-12(17)20-14(3,4)5/h9-10H,6-8H2,1-5H3,(H,15,16)(H,18,19)/t10-/m1/s1. The molecular formula is C14H25NO5S. The van der Waals surface area contributed by atoms with Crippen molar-refractivity contribution in [1.29, 1.82) is 0 Å². The number of carboxylic acid groups (broad SMARTS) is 1. The highest BCUT2D eigenvalue weighted by Crippen LogP contribution is 2.11. The molecule has 1 amide bonds. The van der Waals surface area contributed by atoms with E-state index in [9.17, 15) is 14.4 Å². The number of nitrogens with one attached hydrogen (secondary N) is 1. The molecule has 7 heteroatoms. The average Bonchev–Trinajstić information content (AvgIpc) is 2.29. The van der Waals surface area contributed by atoms with Crippen LogP contribution in [-0.4, -0.2) is 45.6 Å². The highest BCUT2D eigenvalue weighted by Gasteiger charge is 2.23. The second-order valence-electron chi connectivity index (χ2n) is 5.94. The first-order valence-corrected chi connectivity index (χ1v) is 7.91. The Balaban J connectivity index is 4.29. The predicted octanol–water partition coefficient (Wildman–Crippen LogP) is 1.82. The zero-order chi connectivity index (χ0) is 16.6. The Morgan fingerprint density at radius 1 is 1.24 bits per heavy atom. The SMILES string of the molecule is CC(C)SCC(=O)N[C@H](CCC(=O)OC(C)(C)C)C(=O)O. The maximum absolute atomic E-state index is 11.6. The van der Waals surface area contributed by atoms with Crippen molar-refractivity contribution in [3.05, 3.63) is 0 Å². The van der Waals surface area contributed by atoms with Gasteiger partial charge >= 0.3 is 11.9 Å². The molecule has 0 unspecified atom stereocenters. The van der Waals surface area contributed by atoms with Gasteiger partial charge in [0.05, 0.1) is 5.75 Å². The predicted molar refractivity (Wildman–Crippen MR) is 82.2 cm³/mol. The Hall–Kier alpha value is -1.24. The van der Waals surface area contributed by atoms with Crippen LogP contribution in [0.5, 0.6) is 0 Å². The molecule has 0 aliphatic heterocycles. The highest BCUT2D eigenvalue weighted by molar-refractivity contribution is 8.00. The van der Waals surface area contributed by atoms with Gasteiger partial charge in [0.2, 0.25) is 5.91 Å². The van der Waals surface area contributed by atoms with E-state index in [2.05, 4.69) is 5.32 Å². The molecule has 0 spiro atoms. The van der Waals surface area contributed by atoms with E-state index in [-0.39, 0.29) is 24.5 Å². The number of ether oxygens (including phenoxy) is 1. The maximum atomic E-state index is 11.6. The Morgan fingerprint density at radius 2 is 1.81 bits per heavy atom. The van der Waals surface area contributed by atoms with Gasteiger partial charge in [0.1, 0.15) is 11.6 Å². The summed E-state index contributed by atoms with van der Waals surface area (Å²) in [7, 11) is 0. The van der Waals surface area contributed by atoms with Crippen LogP contribution >= 0.6 is 11.8 Å². The lowest BCUT2D eigenvalue weighted by atomic mass is 10.1. The van der Waals surface area contributed by atoms with Crippen LogP contribution < -0.4 is 5.32 Å². The number of amides is 1. The molecule has 0 saturated carbocycles. The van der Waals surface area contributed by atoms with E-state index in [1.54, 1.807) is 20.8 Å². The van der Waals surface area contributed by atoms with Crippen LogP contribution in [-0.2, 0) is 19.1 Å². The number of esters is 1. The zero-order valence-electron chi connectivity index (χ0n) is 13.3. The van der Waals surface area contributed by atoms with Gasteiger partial charge in [-0.05, 0) is 32.4 Å². The first-order valence-electron chi connectivity index (χ1n) is 6.87. The normalized spacial score (nSPS) is 12.9. The molecule has 0 aromatic heterocycles. The van der Waals surface area contributed by atoms with Crippen LogP contribution in [0.4, 0.5) is 0 Å². The van der Waals surface area contributed by atoms with Gasteiger partial charge in [0.25, 0.3) is 0 Å². The van der Waals surface area contributed by atoms with E-state index < -0.39 is 23.6 Å². The van der Waals surface area contributed by atoms with Crippen LogP contribution in [0.2, 0.25) is 0 Å². The molecule has 0 rings (SSSR count). The fraction of sp³-hybridized carbons (Fsp3) is 0.786. The van der Waals surface area contributed by atoms with E-state index in [0.717, 1.165) is 0 Å². The Kier molecular flexibility index (Phi) is 8.39. The lowest BCUT2D eigenvalue weighted by molar-refractivity contribution is -0.155. The summed E-state index contributed by atoms with van der Waals surface area (Å²) in [5.41, 5.74) is -0.604. The number of carbonyl (C=O) groups excluding carboxylic acids is 2. The van der Waals surface area contributed by atoms with E-state index in [4.69, 9.17) is 9.84 Å². The molecule has 0 radical (unpaired) electrons. The third-order valence-corrected chi connectivity index (χ3v) is 3.33. The zero-order valence-corrected chi connectivity index (χ0v) is 14.1. The number of carboxylic acids is 1. The smallest absolute Gasteiger partial charge is 0.326 e. The molecule has 0 aliphatic rings.